The quantitative estimate of drug-likeness (QED) is 0.478. The van der Waals surface area contributed by atoms with Gasteiger partial charge in [-0.3, -0.25) is 9.78 Å². The maximum Gasteiger partial charge on any atom is 0.223 e. The first-order chi connectivity index (χ1) is 14.0. The van der Waals surface area contributed by atoms with Gasteiger partial charge in [-0.2, -0.15) is 0 Å². The monoisotopic (exact) mass is 450 g/mol. The highest BCUT2D eigenvalue weighted by molar-refractivity contribution is 9.10. The minimum Gasteiger partial charge on any atom is -0.457 e. The van der Waals surface area contributed by atoms with Crippen molar-refractivity contribution in [2.45, 2.75) is 12.8 Å². The SMILES string of the molecule is Cn1c(Cc2ccc(Br)cc2)nc2cc(Oc3ccnc(CC(N)=O)c3)ccc21. The molecule has 2 aromatic carbocycles. The summed E-state index contributed by atoms with van der Waals surface area (Å²) in [5.41, 5.74) is 8.91. The van der Waals surface area contributed by atoms with Crippen LogP contribution in [0.4, 0.5) is 0 Å². The van der Waals surface area contributed by atoms with E-state index < -0.39 is 5.91 Å². The molecule has 0 aliphatic rings. The second kappa shape index (κ2) is 8.05. The fourth-order valence-electron chi connectivity index (χ4n) is 3.17. The van der Waals surface area contributed by atoms with E-state index in [0.717, 1.165) is 27.8 Å². The van der Waals surface area contributed by atoms with E-state index in [-0.39, 0.29) is 6.42 Å². The van der Waals surface area contributed by atoms with E-state index in [1.165, 1.54) is 5.56 Å². The normalized spacial score (nSPS) is 11.0. The number of imidazole rings is 1. The van der Waals surface area contributed by atoms with Gasteiger partial charge in [0.25, 0.3) is 0 Å². The number of benzene rings is 2. The van der Waals surface area contributed by atoms with Crippen molar-refractivity contribution in [1.82, 2.24) is 14.5 Å². The lowest BCUT2D eigenvalue weighted by Crippen LogP contribution is -2.14. The average Bonchev–Trinajstić information content (AvgIpc) is 2.98. The Morgan fingerprint density at radius 3 is 2.62 bits per heavy atom. The number of hydrogen-bond donors (Lipinski definition) is 1. The molecule has 0 spiro atoms. The van der Waals surface area contributed by atoms with Gasteiger partial charge in [-0.05, 0) is 35.9 Å². The van der Waals surface area contributed by atoms with Gasteiger partial charge in [0.1, 0.15) is 17.3 Å². The van der Waals surface area contributed by atoms with Crippen LogP contribution in [-0.2, 0) is 24.7 Å². The molecule has 0 bridgehead atoms. The molecule has 146 valence electrons. The number of hydrogen-bond acceptors (Lipinski definition) is 4. The van der Waals surface area contributed by atoms with E-state index in [9.17, 15) is 4.79 Å². The molecule has 2 aromatic heterocycles. The topological polar surface area (TPSA) is 83.0 Å². The Morgan fingerprint density at radius 1 is 1.10 bits per heavy atom. The fourth-order valence-corrected chi connectivity index (χ4v) is 3.43. The van der Waals surface area contributed by atoms with Gasteiger partial charge in [0.15, 0.2) is 0 Å². The van der Waals surface area contributed by atoms with Crippen LogP contribution < -0.4 is 10.5 Å². The lowest BCUT2D eigenvalue weighted by molar-refractivity contribution is -0.117. The van der Waals surface area contributed by atoms with Crippen molar-refractivity contribution in [3.63, 3.8) is 0 Å². The van der Waals surface area contributed by atoms with Crippen LogP contribution in [0.25, 0.3) is 11.0 Å². The molecule has 7 heteroatoms. The third kappa shape index (κ3) is 4.46. The van der Waals surface area contributed by atoms with E-state index in [4.69, 9.17) is 15.5 Å². The molecule has 4 rings (SSSR count). The summed E-state index contributed by atoms with van der Waals surface area (Å²) >= 11 is 3.46. The smallest absolute Gasteiger partial charge is 0.223 e. The molecule has 1 amide bonds. The summed E-state index contributed by atoms with van der Waals surface area (Å²) in [6.45, 7) is 0. The lowest BCUT2D eigenvalue weighted by Gasteiger charge is -2.07. The summed E-state index contributed by atoms with van der Waals surface area (Å²) in [4.78, 5) is 20.0. The van der Waals surface area contributed by atoms with Gasteiger partial charge >= 0.3 is 0 Å². The second-order valence-corrected chi connectivity index (χ2v) is 7.68. The van der Waals surface area contributed by atoms with Gasteiger partial charge in [-0.1, -0.05) is 28.1 Å². The maximum absolute atomic E-state index is 11.1. The number of fused-ring (bicyclic) bond motifs is 1. The number of pyridine rings is 1. The summed E-state index contributed by atoms with van der Waals surface area (Å²) in [5.74, 6) is 1.82. The molecule has 0 saturated heterocycles. The van der Waals surface area contributed by atoms with E-state index in [0.29, 0.717) is 17.2 Å². The number of halogens is 1. The Kier molecular flexibility index (Phi) is 5.31. The van der Waals surface area contributed by atoms with Gasteiger partial charge in [0.2, 0.25) is 5.91 Å². The number of carbonyl (C=O) groups excluding carboxylic acids is 1. The van der Waals surface area contributed by atoms with Crippen LogP contribution in [0.2, 0.25) is 0 Å². The molecule has 0 unspecified atom stereocenters. The number of amides is 1. The molecule has 0 atom stereocenters. The number of nitrogens with two attached hydrogens (primary N) is 1. The fraction of sp³-hybridized carbons (Fsp3) is 0.136. The number of rotatable bonds is 6. The molecule has 0 radical (unpaired) electrons. The second-order valence-electron chi connectivity index (χ2n) is 6.77. The predicted molar refractivity (Wildman–Crippen MR) is 115 cm³/mol. The number of aromatic nitrogens is 3. The Morgan fingerprint density at radius 2 is 1.86 bits per heavy atom. The van der Waals surface area contributed by atoms with Gasteiger partial charge < -0.3 is 15.0 Å². The predicted octanol–water partition coefficient (Wildman–Crippen LogP) is 4.14. The van der Waals surface area contributed by atoms with Crippen LogP contribution in [0.5, 0.6) is 11.5 Å². The first-order valence-electron chi connectivity index (χ1n) is 9.09. The highest BCUT2D eigenvalue weighted by Crippen LogP contribution is 2.27. The van der Waals surface area contributed by atoms with Crippen molar-refractivity contribution < 1.29 is 9.53 Å². The molecule has 4 aromatic rings. The highest BCUT2D eigenvalue weighted by Gasteiger charge is 2.10. The van der Waals surface area contributed by atoms with Crippen molar-refractivity contribution in [2.75, 3.05) is 0 Å². The molecule has 0 fully saturated rings. The Bertz CT molecular complexity index is 1190. The van der Waals surface area contributed by atoms with Gasteiger partial charge in [-0.25, -0.2) is 4.98 Å². The molecule has 0 saturated carbocycles. The molecule has 6 nitrogen and oxygen atoms in total. The first kappa shape index (κ1) is 19.1. The zero-order valence-corrected chi connectivity index (χ0v) is 17.4. The molecular weight excluding hydrogens is 432 g/mol. The molecular formula is C22H19BrN4O2. The summed E-state index contributed by atoms with van der Waals surface area (Å²) in [5, 5.41) is 0. The third-order valence-electron chi connectivity index (χ3n) is 4.60. The van der Waals surface area contributed by atoms with E-state index in [2.05, 4.69) is 37.6 Å². The minimum atomic E-state index is -0.428. The van der Waals surface area contributed by atoms with Gasteiger partial charge in [0, 0.05) is 36.3 Å². The van der Waals surface area contributed by atoms with Crippen molar-refractivity contribution in [3.05, 3.63) is 82.3 Å². The minimum absolute atomic E-state index is 0.0793. The van der Waals surface area contributed by atoms with Crippen molar-refractivity contribution in [3.8, 4) is 11.5 Å². The maximum atomic E-state index is 11.1. The largest absolute Gasteiger partial charge is 0.457 e. The van der Waals surface area contributed by atoms with Crippen LogP contribution in [0, 0.1) is 0 Å². The van der Waals surface area contributed by atoms with Crippen LogP contribution in [0.1, 0.15) is 17.1 Å². The number of carbonyl (C=O) groups is 1. The summed E-state index contributed by atoms with van der Waals surface area (Å²) in [7, 11) is 2.02. The molecule has 0 aliphatic heterocycles. The summed E-state index contributed by atoms with van der Waals surface area (Å²) in [6, 6.07) is 17.5. The zero-order valence-electron chi connectivity index (χ0n) is 15.8. The van der Waals surface area contributed by atoms with E-state index in [1.807, 2.05) is 37.4 Å². The molecule has 0 aliphatic carbocycles. The molecule has 29 heavy (non-hydrogen) atoms. The van der Waals surface area contributed by atoms with Crippen LogP contribution in [0.15, 0.2) is 65.3 Å². The number of primary amides is 1. The number of nitrogens with zero attached hydrogens (tertiary/aromatic N) is 3. The van der Waals surface area contributed by atoms with Crippen molar-refractivity contribution in [1.29, 1.82) is 0 Å². The lowest BCUT2D eigenvalue weighted by atomic mass is 10.1. The highest BCUT2D eigenvalue weighted by atomic mass is 79.9. The number of aryl methyl sites for hydroxylation is 1. The summed E-state index contributed by atoms with van der Waals surface area (Å²) < 4.78 is 9.10. The van der Waals surface area contributed by atoms with Crippen LogP contribution >= 0.6 is 15.9 Å². The average molecular weight is 451 g/mol. The van der Waals surface area contributed by atoms with Crippen molar-refractivity contribution >= 4 is 32.9 Å². The molecule has 2 N–H and O–H groups in total. The van der Waals surface area contributed by atoms with E-state index >= 15 is 0 Å². The Balaban J connectivity index is 1.58. The van der Waals surface area contributed by atoms with Crippen LogP contribution in [0.3, 0.4) is 0 Å². The van der Waals surface area contributed by atoms with Crippen molar-refractivity contribution in [2.24, 2.45) is 12.8 Å². The Labute approximate surface area is 176 Å². The number of ether oxygens (including phenoxy) is 1. The Hall–Kier alpha value is -3.19. The summed E-state index contributed by atoms with van der Waals surface area (Å²) in [6.07, 6.45) is 2.43. The van der Waals surface area contributed by atoms with Gasteiger partial charge in [0.05, 0.1) is 23.1 Å². The van der Waals surface area contributed by atoms with Gasteiger partial charge in [-0.15, -0.1) is 0 Å². The standard InChI is InChI=1S/C22H19BrN4O2/c1-27-20-7-6-17(29-18-8-9-25-16(11-18)12-21(24)28)13-19(20)26-22(27)10-14-2-4-15(23)5-3-14/h2-9,11,13H,10,12H2,1H3,(H2,24,28). The van der Waals surface area contributed by atoms with E-state index in [1.54, 1.807) is 18.3 Å². The first-order valence-corrected chi connectivity index (χ1v) is 9.88. The zero-order chi connectivity index (χ0) is 20.4. The molecule has 2 heterocycles. The van der Waals surface area contributed by atoms with Crippen LogP contribution in [-0.4, -0.2) is 20.4 Å². The third-order valence-corrected chi connectivity index (χ3v) is 5.13.